The Balaban J connectivity index is 1.53. The molecule has 0 unspecified atom stereocenters. The van der Waals surface area contributed by atoms with E-state index in [2.05, 4.69) is 10.3 Å². The second-order valence-corrected chi connectivity index (χ2v) is 6.58. The van der Waals surface area contributed by atoms with Gasteiger partial charge in [0, 0.05) is 25.7 Å². The topological polar surface area (TPSA) is 82.5 Å². The zero-order valence-corrected chi connectivity index (χ0v) is 14.7. The van der Waals surface area contributed by atoms with Crippen LogP contribution in [0.5, 0.6) is 5.75 Å². The fraction of sp³-hybridized carbons (Fsp3) is 0.316. The fourth-order valence-electron chi connectivity index (χ4n) is 2.95. The highest BCUT2D eigenvalue weighted by Crippen LogP contribution is 2.29. The van der Waals surface area contributed by atoms with Crippen molar-refractivity contribution in [2.45, 2.75) is 19.0 Å². The van der Waals surface area contributed by atoms with E-state index in [9.17, 15) is 27.9 Å². The number of nitrogens with one attached hydrogen (secondary N) is 1. The largest absolute Gasteiger partial charge is 0.508 e. The van der Waals surface area contributed by atoms with Crippen molar-refractivity contribution >= 4 is 17.6 Å². The Bertz CT molecular complexity index is 851. The second kappa shape index (κ2) is 7.87. The molecule has 0 spiro atoms. The van der Waals surface area contributed by atoms with Gasteiger partial charge in [-0.25, -0.2) is 4.98 Å². The quantitative estimate of drug-likeness (QED) is 0.819. The third-order valence-electron chi connectivity index (χ3n) is 4.53. The van der Waals surface area contributed by atoms with Crippen LogP contribution in [0.15, 0.2) is 42.6 Å². The predicted molar refractivity (Wildman–Crippen MR) is 94.4 cm³/mol. The molecule has 1 aromatic heterocycles. The number of anilines is 1. The molecule has 1 fully saturated rings. The summed E-state index contributed by atoms with van der Waals surface area (Å²) in [6.07, 6.45) is -3.21. The van der Waals surface area contributed by atoms with Crippen LogP contribution in [0.3, 0.4) is 0 Å². The average molecular weight is 393 g/mol. The minimum absolute atomic E-state index is 0.00740. The SMILES string of the molecule is O=C(Nc1ccc(C(F)(F)F)cn1)[C@H]1CC(=O)N(CCc2ccc(O)cc2)C1. The average Bonchev–Trinajstić information content (AvgIpc) is 3.02. The number of hydrogen-bond acceptors (Lipinski definition) is 4. The fourth-order valence-corrected chi connectivity index (χ4v) is 2.95. The molecule has 3 rings (SSSR count). The van der Waals surface area contributed by atoms with E-state index in [1.165, 1.54) is 0 Å². The number of carbonyl (C=O) groups excluding carboxylic acids is 2. The van der Waals surface area contributed by atoms with Gasteiger partial charge in [-0.05, 0) is 36.2 Å². The van der Waals surface area contributed by atoms with E-state index in [1.54, 1.807) is 29.2 Å². The monoisotopic (exact) mass is 393 g/mol. The van der Waals surface area contributed by atoms with Crippen LogP contribution < -0.4 is 5.32 Å². The van der Waals surface area contributed by atoms with Crippen LogP contribution in [0.2, 0.25) is 0 Å². The number of pyridine rings is 1. The van der Waals surface area contributed by atoms with Crippen molar-refractivity contribution in [2.24, 2.45) is 5.92 Å². The number of carbonyl (C=O) groups is 2. The number of hydrogen-bond donors (Lipinski definition) is 2. The number of alkyl halides is 3. The maximum absolute atomic E-state index is 12.5. The summed E-state index contributed by atoms with van der Waals surface area (Å²) in [4.78, 5) is 29.6. The molecule has 1 aliphatic heterocycles. The number of likely N-dealkylation sites (tertiary alicyclic amines) is 1. The molecule has 1 atom stereocenters. The first kappa shape index (κ1) is 19.7. The normalized spacial score (nSPS) is 17.0. The summed E-state index contributed by atoms with van der Waals surface area (Å²) in [7, 11) is 0. The van der Waals surface area contributed by atoms with Crippen molar-refractivity contribution in [3.8, 4) is 5.75 Å². The Morgan fingerprint density at radius 2 is 1.93 bits per heavy atom. The molecular weight excluding hydrogens is 375 g/mol. The highest BCUT2D eigenvalue weighted by molar-refractivity contribution is 5.96. The minimum atomic E-state index is -4.49. The number of phenolic OH excluding ortho intramolecular Hbond substituents is 1. The lowest BCUT2D eigenvalue weighted by atomic mass is 10.1. The molecule has 1 aromatic carbocycles. The lowest BCUT2D eigenvalue weighted by molar-refractivity contribution is -0.137. The molecule has 2 amide bonds. The van der Waals surface area contributed by atoms with E-state index in [0.29, 0.717) is 19.2 Å². The van der Waals surface area contributed by atoms with Gasteiger partial charge in [-0.15, -0.1) is 0 Å². The summed E-state index contributed by atoms with van der Waals surface area (Å²) >= 11 is 0. The third-order valence-corrected chi connectivity index (χ3v) is 4.53. The zero-order valence-electron chi connectivity index (χ0n) is 14.7. The molecular formula is C19H18F3N3O3. The maximum Gasteiger partial charge on any atom is 0.417 e. The lowest BCUT2D eigenvalue weighted by Crippen LogP contribution is -2.30. The van der Waals surface area contributed by atoms with E-state index in [1.807, 2.05) is 0 Å². The Labute approximate surface area is 159 Å². The standard InChI is InChI=1S/C19H18F3N3O3/c20-19(21,22)14-3-6-16(23-10-14)24-18(28)13-9-17(27)25(11-13)8-7-12-1-4-15(26)5-2-12/h1-6,10,13,26H,7-9,11H2,(H,23,24,28)/t13-/m0/s1. The van der Waals surface area contributed by atoms with Gasteiger partial charge >= 0.3 is 6.18 Å². The van der Waals surface area contributed by atoms with Crippen molar-refractivity contribution in [3.63, 3.8) is 0 Å². The van der Waals surface area contributed by atoms with Gasteiger partial charge < -0.3 is 15.3 Å². The molecule has 0 bridgehead atoms. The van der Waals surface area contributed by atoms with Crippen LogP contribution in [0.1, 0.15) is 17.5 Å². The van der Waals surface area contributed by atoms with Gasteiger partial charge in [-0.3, -0.25) is 9.59 Å². The van der Waals surface area contributed by atoms with Gasteiger partial charge in [0.25, 0.3) is 0 Å². The van der Waals surface area contributed by atoms with E-state index in [-0.39, 0.29) is 30.4 Å². The first-order chi connectivity index (χ1) is 13.2. The molecule has 2 aromatic rings. The van der Waals surface area contributed by atoms with Crippen LogP contribution in [-0.4, -0.2) is 39.9 Å². The van der Waals surface area contributed by atoms with E-state index in [4.69, 9.17) is 0 Å². The summed E-state index contributed by atoms with van der Waals surface area (Å²) < 4.78 is 37.6. The molecule has 6 nitrogen and oxygen atoms in total. The summed E-state index contributed by atoms with van der Waals surface area (Å²) in [5.41, 5.74) is 0.0504. The number of aromatic hydroxyl groups is 1. The van der Waals surface area contributed by atoms with Gasteiger partial charge in [0.1, 0.15) is 11.6 Å². The molecule has 9 heteroatoms. The van der Waals surface area contributed by atoms with E-state index in [0.717, 1.165) is 17.7 Å². The van der Waals surface area contributed by atoms with E-state index >= 15 is 0 Å². The Kier molecular flexibility index (Phi) is 5.53. The maximum atomic E-state index is 12.5. The Morgan fingerprint density at radius 1 is 1.21 bits per heavy atom. The van der Waals surface area contributed by atoms with Crippen molar-refractivity contribution in [2.75, 3.05) is 18.4 Å². The smallest absolute Gasteiger partial charge is 0.417 e. The summed E-state index contributed by atoms with van der Waals surface area (Å²) in [5.74, 6) is -1.02. The van der Waals surface area contributed by atoms with Crippen molar-refractivity contribution < 1.29 is 27.9 Å². The molecule has 0 radical (unpaired) electrons. The molecule has 1 saturated heterocycles. The van der Waals surface area contributed by atoms with Crippen LogP contribution in [0, 0.1) is 5.92 Å². The number of aromatic nitrogens is 1. The number of rotatable bonds is 5. The number of nitrogens with zero attached hydrogens (tertiary/aromatic N) is 2. The van der Waals surface area contributed by atoms with Crippen molar-refractivity contribution in [1.82, 2.24) is 9.88 Å². The Hall–Kier alpha value is -3.10. The minimum Gasteiger partial charge on any atom is -0.508 e. The number of phenols is 1. The van der Waals surface area contributed by atoms with Gasteiger partial charge in [0.15, 0.2) is 0 Å². The van der Waals surface area contributed by atoms with Crippen LogP contribution in [-0.2, 0) is 22.2 Å². The molecule has 1 aliphatic rings. The number of amides is 2. The van der Waals surface area contributed by atoms with Gasteiger partial charge in [0.2, 0.25) is 11.8 Å². The summed E-state index contributed by atoms with van der Waals surface area (Å²) in [6, 6.07) is 8.57. The molecule has 2 N–H and O–H groups in total. The second-order valence-electron chi connectivity index (χ2n) is 6.58. The third kappa shape index (κ3) is 4.79. The molecule has 0 aliphatic carbocycles. The predicted octanol–water partition coefficient (Wildman–Crippen LogP) is 2.84. The van der Waals surface area contributed by atoms with Gasteiger partial charge in [-0.2, -0.15) is 13.2 Å². The van der Waals surface area contributed by atoms with Crippen molar-refractivity contribution in [3.05, 3.63) is 53.7 Å². The first-order valence-corrected chi connectivity index (χ1v) is 8.62. The highest BCUT2D eigenvalue weighted by Gasteiger charge is 2.34. The zero-order chi connectivity index (χ0) is 20.3. The lowest BCUT2D eigenvalue weighted by Gasteiger charge is -2.16. The molecule has 148 valence electrons. The molecule has 28 heavy (non-hydrogen) atoms. The van der Waals surface area contributed by atoms with Crippen molar-refractivity contribution in [1.29, 1.82) is 0 Å². The van der Waals surface area contributed by atoms with Crippen LogP contribution >= 0.6 is 0 Å². The van der Waals surface area contributed by atoms with Gasteiger partial charge in [0.05, 0.1) is 11.5 Å². The summed E-state index contributed by atoms with van der Waals surface area (Å²) in [6.45, 7) is 0.676. The highest BCUT2D eigenvalue weighted by atomic mass is 19.4. The van der Waals surface area contributed by atoms with Gasteiger partial charge in [-0.1, -0.05) is 12.1 Å². The number of benzene rings is 1. The first-order valence-electron chi connectivity index (χ1n) is 8.62. The summed E-state index contributed by atoms with van der Waals surface area (Å²) in [5, 5.41) is 11.7. The van der Waals surface area contributed by atoms with Crippen LogP contribution in [0.25, 0.3) is 0 Å². The molecule has 0 saturated carbocycles. The van der Waals surface area contributed by atoms with Crippen LogP contribution in [0.4, 0.5) is 19.0 Å². The van der Waals surface area contributed by atoms with E-state index < -0.39 is 23.6 Å². The molecule has 2 heterocycles. The number of halogens is 3. The Morgan fingerprint density at radius 3 is 2.54 bits per heavy atom.